The Kier molecular flexibility index (Phi) is 4.87. The Morgan fingerprint density at radius 2 is 2.00 bits per heavy atom. The molecule has 102 valence electrons. The molecule has 0 saturated carbocycles. The van der Waals surface area contributed by atoms with Crippen LogP contribution in [0.2, 0.25) is 0 Å². The van der Waals surface area contributed by atoms with E-state index in [1.807, 2.05) is 0 Å². The molecule has 0 radical (unpaired) electrons. The van der Waals surface area contributed by atoms with Crippen molar-refractivity contribution in [1.82, 2.24) is 0 Å². The van der Waals surface area contributed by atoms with Crippen molar-refractivity contribution in [2.45, 2.75) is 13.0 Å². The van der Waals surface area contributed by atoms with Crippen LogP contribution in [-0.2, 0) is 9.59 Å². The maximum atomic E-state index is 10.7. The van der Waals surface area contributed by atoms with Crippen molar-refractivity contribution < 1.29 is 34.1 Å². The van der Waals surface area contributed by atoms with E-state index >= 15 is 0 Å². The van der Waals surface area contributed by atoms with Gasteiger partial charge < -0.3 is 19.7 Å². The second-order valence-corrected chi connectivity index (χ2v) is 3.60. The molecule has 0 amide bonds. The van der Waals surface area contributed by atoms with Crippen LogP contribution in [0, 0.1) is 0 Å². The first-order valence-corrected chi connectivity index (χ1v) is 5.27. The van der Waals surface area contributed by atoms with E-state index in [0.717, 1.165) is 0 Å². The lowest BCUT2D eigenvalue weighted by molar-refractivity contribution is -0.144. The smallest absolute Gasteiger partial charge is 0.344 e. The van der Waals surface area contributed by atoms with Gasteiger partial charge in [0.25, 0.3) is 0 Å². The van der Waals surface area contributed by atoms with Gasteiger partial charge in [0.2, 0.25) is 0 Å². The minimum atomic E-state index is -1.19. The average molecular weight is 268 g/mol. The van der Waals surface area contributed by atoms with Gasteiger partial charge in [-0.3, -0.25) is 4.79 Å². The van der Waals surface area contributed by atoms with Crippen LogP contribution >= 0.6 is 0 Å². The van der Waals surface area contributed by atoms with Gasteiger partial charge in [-0.1, -0.05) is 0 Å². The number of carbonyl (C=O) groups excluding carboxylic acids is 1. The molecule has 0 fully saturated rings. The summed E-state index contributed by atoms with van der Waals surface area (Å²) in [4.78, 5) is 31.8. The van der Waals surface area contributed by atoms with Gasteiger partial charge in [0, 0.05) is 5.56 Å². The molecule has 1 unspecified atom stereocenters. The van der Waals surface area contributed by atoms with E-state index in [2.05, 4.69) is 0 Å². The number of carbonyl (C=O) groups is 3. The van der Waals surface area contributed by atoms with E-state index in [9.17, 15) is 14.4 Å². The summed E-state index contributed by atoms with van der Waals surface area (Å²) >= 11 is 0. The fourth-order valence-electron chi connectivity index (χ4n) is 1.19. The maximum absolute atomic E-state index is 10.7. The number of hydrogen-bond acceptors (Lipinski definition) is 5. The number of rotatable bonds is 7. The highest BCUT2D eigenvalue weighted by Crippen LogP contribution is 2.29. The third-order valence-electron chi connectivity index (χ3n) is 2.11. The summed E-state index contributed by atoms with van der Waals surface area (Å²) in [6.45, 7) is 0.704. The quantitative estimate of drug-likeness (QED) is 0.704. The second kappa shape index (κ2) is 6.39. The number of carboxylic acids is 2. The molecule has 1 aromatic carbocycles. The molecular formula is C12H12O7. The predicted molar refractivity (Wildman–Crippen MR) is 62.7 cm³/mol. The van der Waals surface area contributed by atoms with Gasteiger partial charge in [-0.05, 0) is 25.1 Å². The Labute approximate surface area is 108 Å². The Balaban J connectivity index is 2.98. The van der Waals surface area contributed by atoms with Crippen LogP contribution in [0.5, 0.6) is 11.5 Å². The SMILES string of the molecule is CC(Oc1cc(C=O)ccc1OCC(=O)O)C(=O)O. The van der Waals surface area contributed by atoms with E-state index in [-0.39, 0.29) is 17.1 Å². The van der Waals surface area contributed by atoms with Gasteiger partial charge in [-0.15, -0.1) is 0 Å². The number of hydrogen-bond donors (Lipinski definition) is 2. The molecule has 19 heavy (non-hydrogen) atoms. The summed E-state index contributed by atoms with van der Waals surface area (Å²) in [5.74, 6) is -2.32. The molecule has 1 aromatic rings. The minimum Gasteiger partial charge on any atom is -0.479 e. The van der Waals surface area contributed by atoms with E-state index in [0.29, 0.717) is 6.29 Å². The molecular weight excluding hydrogens is 256 g/mol. The van der Waals surface area contributed by atoms with Crippen molar-refractivity contribution in [3.05, 3.63) is 23.8 Å². The normalized spacial score (nSPS) is 11.4. The van der Waals surface area contributed by atoms with E-state index in [4.69, 9.17) is 19.7 Å². The fraction of sp³-hybridized carbons (Fsp3) is 0.250. The summed E-state index contributed by atoms with van der Waals surface area (Å²) in [6.07, 6.45) is -0.603. The lowest BCUT2D eigenvalue weighted by Crippen LogP contribution is -2.23. The molecule has 7 nitrogen and oxygen atoms in total. The van der Waals surface area contributed by atoms with Crippen LogP contribution in [0.4, 0.5) is 0 Å². The van der Waals surface area contributed by atoms with Gasteiger partial charge >= 0.3 is 11.9 Å². The van der Waals surface area contributed by atoms with Crippen LogP contribution in [0.25, 0.3) is 0 Å². The molecule has 1 atom stereocenters. The van der Waals surface area contributed by atoms with Crippen molar-refractivity contribution >= 4 is 18.2 Å². The third kappa shape index (κ3) is 4.30. The Hall–Kier alpha value is -2.57. The number of benzene rings is 1. The standard InChI is InChI=1S/C12H12O7/c1-7(12(16)17)19-10-4-8(5-13)2-3-9(10)18-6-11(14)15/h2-5,7H,6H2,1H3,(H,14,15)(H,16,17). The van der Waals surface area contributed by atoms with Gasteiger partial charge in [-0.2, -0.15) is 0 Å². The topological polar surface area (TPSA) is 110 Å². The highest BCUT2D eigenvalue weighted by molar-refractivity contribution is 5.77. The lowest BCUT2D eigenvalue weighted by atomic mass is 10.2. The monoisotopic (exact) mass is 268 g/mol. The fourth-order valence-corrected chi connectivity index (χ4v) is 1.19. The minimum absolute atomic E-state index is 0.000694. The molecule has 0 aliphatic heterocycles. The van der Waals surface area contributed by atoms with E-state index < -0.39 is 24.6 Å². The van der Waals surface area contributed by atoms with Crippen LogP contribution in [0.1, 0.15) is 17.3 Å². The molecule has 0 aliphatic rings. The summed E-state index contributed by atoms with van der Waals surface area (Å²) in [5.41, 5.74) is 0.260. The molecule has 7 heteroatoms. The average Bonchev–Trinajstić information content (AvgIpc) is 2.36. The van der Waals surface area contributed by atoms with Crippen LogP contribution in [0.15, 0.2) is 18.2 Å². The molecule has 0 aromatic heterocycles. The van der Waals surface area contributed by atoms with E-state index in [1.165, 1.54) is 25.1 Å². The molecule has 2 N–H and O–H groups in total. The zero-order valence-electron chi connectivity index (χ0n) is 10.0. The van der Waals surface area contributed by atoms with Crippen LogP contribution < -0.4 is 9.47 Å². The third-order valence-corrected chi connectivity index (χ3v) is 2.11. The molecule has 0 spiro atoms. The van der Waals surface area contributed by atoms with Crippen molar-refractivity contribution in [3.63, 3.8) is 0 Å². The molecule has 0 heterocycles. The zero-order valence-corrected chi connectivity index (χ0v) is 10.0. The van der Waals surface area contributed by atoms with Crippen molar-refractivity contribution in [3.8, 4) is 11.5 Å². The molecule has 0 aliphatic carbocycles. The number of ether oxygens (including phenoxy) is 2. The largest absolute Gasteiger partial charge is 0.479 e. The summed E-state index contributed by atoms with van der Waals surface area (Å²) in [6, 6.07) is 4.03. The van der Waals surface area contributed by atoms with Gasteiger partial charge in [0.05, 0.1) is 0 Å². The summed E-state index contributed by atoms with van der Waals surface area (Å²) in [7, 11) is 0. The summed E-state index contributed by atoms with van der Waals surface area (Å²) in [5, 5.41) is 17.3. The van der Waals surface area contributed by atoms with Gasteiger partial charge in [0.1, 0.15) is 6.29 Å². The molecule has 0 bridgehead atoms. The van der Waals surface area contributed by atoms with Crippen molar-refractivity contribution in [2.75, 3.05) is 6.61 Å². The van der Waals surface area contributed by atoms with Gasteiger partial charge in [-0.25, -0.2) is 9.59 Å². The van der Waals surface area contributed by atoms with E-state index in [1.54, 1.807) is 0 Å². The Morgan fingerprint density at radius 3 is 2.53 bits per heavy atom. The Morgan fingerprint density at radius 1 is 1.32 bits per heavy atom. The Bertz CT molecular complexity index is 495. The predicted octanol–water partition coefficient (Wildman–Crippen LogP) is 0.814. The first-order valence-electron chi connectivity index (χ1n) is 5.27. The van der Waals surface area contributed by atoms with Crippen LogP contribution in [0.3, 0.4) is 0 Å². The van der Waals surface area contributed by atoms with Gasteiger partial charge in [0.15, 0.2) is 24.2 Å². The number of aldehydes is 1. The number of aliphatic carboxylic acids is 2. The van der Waals surface area contributed by atoms with Crippen molar-refractivity contribution in [1.29, 1.82) is 0 Å². The first-order chi connectivity index (χ1) is 8.93. The zero-order chi connectivity index (χ0) is 14.4. The first kappa shape index (κ1) is 14.5. The lowest BCUT2D eigenvalue weighted by Gasteiger charge is -2.14. The molecule has 1 rings (SSSR count). The summed E-state index contributed by atoms with van der Waals surface area (Å²) < 4.78 is 10.1. The highest BCUT2D eigenvalue weighted by atomic mass is 16.5. The van der Waals surface area contributed by atoms with Crippen LogP contribution in [-0.4, -0.2) is 41.1 Å². The second-order valence-electron chi connectivity index (χ2n) is 3.60. The number of carboxylic acid groups (broad SMARTS) is 2. The maximum Gasteiger partial charge on any atom is 0.344 e. The molecule has 0 saturated heterocycles. The highest BCUT2D eigenvalue weighted by Gasteiger charge is 2.16. The van der Waals surface area contributed by atoms with Crippen molar-refractivity contribution in [2.24, 2.45) is 0 Å².